The Morgan fingerprint density at radius 2 is 1.70 bits per heavy atom. The number of hydrogen-bond acceptors (Lipinski definition) is 3. The highest BCUT2D eigenvalue weighted by atomic mass is 35.5. The van der Waals surface area contributed by atoms with Crippen molar-refractivity contribution in [1.29, 1.82) is 0 Å². The topological polar surface area (TPSA) is 27.7 Å². The zero-order valence-electron chi connectivity index (χ0n) is 17.5. The third-order valence-electron chi connectivity index (χ3n) is 4.71. The number of benzene rings is 3. The molecule has 0 aromatic heterocycles. The van der Waals surface area contributed by atoms with Crippen LogP contribution in [-0.2, 0) is 16.8 Å². The lowest BCUT2D eigenvalue weighted by atomic mass is 9.85. The van der Waals surface area contributed by atoms with E-state index >= 15 is 0 Å². The largest absolute Gasteiger partial charge is 0.492 e. The van der Waals surface area contributed by atoms with E-state index in [9.17, 15) is 4.39 Å². The molecule has 0 aliphatic heterocycles. The van der Waals surface area contributed by atoms with Crippen molar-refractivity contribution in [2.24, 2.45) is 0 Å². The van der Waals surface area contributed by atoms with Crippen LogP contribution in [0.2, 0.25) is 5.02 Å². The molecule has 5 heteroatoms. The van der Waals surface area contributed by atoms with Crippen LogP contribution in [0.1, 0.15) is 31.9 Å². The molecule has 3 nitrogen and oxygen atoms in total. The minimum absolute atomic E-state index is 0.180. The van der Waals surface area contributed by atoms with Crippen LogP contribution in [0.3, 0.4) is 0 Å². The lowest BCUT2D eigenvalue weighted by Gasteiger charge is -2.26. The van der Waals surface area contributed by atoms with Crippen molar-refractivity contribution in [3.8, 4) is 17.2 Å². The molecule has 0 amide bonds. The van der Waals surface area contributed by atoms with Crippen LogP contribution >= 0.6 is 11.6 Å². The van der Waals surface area contributed by atoms with E-state index in [2.05, 4.69) is 13.8 Å². The molecule has 30 heavy (non-hydrogen) atoms. The molecule has 0 heterocycles. The number of ether oxygens (including phenoxy) is 3. The molecule has 0 unspecified atom stereocenters. The summed E-state index contributed by atoms with van der Waals surface area (Å²) >= 11 is 6.33. The minimum atomic E-state index is -0.410. The second-order valence-corrected chi connectivity index (χ2v) is 8.04. The van der Waals surface area contributed by atoms with Gasteiger partial charge >= 0.3 is 0 Å². The van der Waals surface area contributed by atoms with Crippen LogP contribution in [0.5, 0.6) is 17.2 Å². The van der Waals surface area contributed by atoms with E-state index in [-0.39, 0.29) is 11.2 Å². The van der Waals surface area contributed by atoms with Gasteiger partial charge in [-0.05, 0) is 54.4 Å². The van der Waals surface area contributed by atoms with E-state index in [1.165, 1.54) is 6.07 Å². The van der Waals surface area contributed by atoms with Gasteiger partial charge in [0.25, 0.3) is 0 Å². The Labute approximate surface area is 182 Å². The molecule has 0 spiro atoms. The fourth-order valence-corrected chi connectivity index (χ4v) is 3.27. The van der Waals surface area contributed by atoms with Gasteiger partial charge in [0.05, 0.1) is 24.8 Å². The quantitative estimate of drug-likeness (QED) is 0.361. The maximum Gasteiger partial charge on any atom is 0.165 e. The van der Waals surface area contributed by atoms with E-state index in [1.54, 1.807) is 24.3 Å². The van der Waals surface area contributed by atoms with Crippen molar-refractivity contribution >= 4 is 11.6 Å². The van der Waals surface area contributed by atoms with Gasteiger partial charge in [0.2, 0.25) is 0 Å². The van der Waals surface area contributed by atoms with Crippen molar-refractivity contribution in [3.63, 3.8) is 0 Å². The summed E-state index contributed by atoms with van der Waals surface area (Å²) in [6, 6.07) is 19.7. The van der Waals surface area contributed by atoms with Crippen LogP contribution in [0.15, 0.2) is 66.7 Å². The smallest absolute Gasteiger partial charge is 0.165 e. The average Bonchev–Trinajstić information content (AvgIpc) is 2.72. The van der Waals surface area contributed by atoms with Gasteiger partial charge in [0.15, 0.2) is 11.6 Å². The first-order chi connectivity index (χ1) is 14.4. The normalized spacial score (nSPS) is 11.4. The molecule has 0 bridgehead atoms. The van der Waals surface area contributed by atoms with Gasteiger partial charge < -0.3 is 14.2 Å². The van der Waals surface area contributed by atoms with Gasteiger partial charge in [0, 0.05) is 5.41 Å². The lowest BCUT2D eigenvalue weighted by Crippen LogP contribution is -2.24. The molecule has 0 fully saturated rings. The Morgan fingerprint density at radius 1 is 0.933 bits per heavy atom. The monoisotopic (exact) mass is 428 g/mol. The summed E-state index contributed by atoms with van der Waals surface area (Å²) in [6.07, 6.45) is 0. The van der Waals surface area contributed by atoms with Gasteiger partial charge in [-0.15, -0.1) is 0 Å². The summed E-state index contributed by atoms with van der Waals surface area (Å²) in [7, 11) is 0. The lowest BCUT2D eigenvalue weighted by molar-refractivity contribution is 0.0823. The maximum absolute atomic E-state index is 14.1. The molecule has 0 saturated heterocycles. The van der Waals surface area contributed by atoms with E-state index < -0.39 is 5.82 Å². The summed E-state index contributed by atoms with van der Waals surface area (Å²) in [5.74, 6) is 1.03. The van der Waals surface area contributed by atoms with Crippen molar-refractivity contribution in [1.82, 2.24) is 0 Å². The summed E-state index contributed by atoms with van der Waals surface area (Å²) < 4.78 is 31.2. The Kier molecular flexibility index (Phi) is 7.35. The van der Waals surface area contributed by atoms with Gasteiger partial charge in [-0.2, -0.15) is 0 Å². The standard InChI is InChI=1S/C25H26ClFO3/c1-4-29-23-13-11-19(15-21(23)26)25(2,3)17-28-16-18-10-12-22(27)24(14-18)30-20-8-6-5-7-9-20/h5-15H,4,16-17H2,1-3H3. The van der Waals surface area contributed by atoms with Crippen LogP contribution in [-0.4, -0.2) is 13.2 Å². The van der Waals surface area contributed by atoms with Gasteiger partial charge in [-0.3, -0.25) is 0 Å². The molecule has 3 aromatic rings. The van der Waals surface area contributed by atoms with E-state index in [0.717, 1.165) is 11.1 Å². The Bertz CT molecular complexity index is 973. The fourth-order valence-electron chi connectivity index (χ4n) is 3.03. The summed E-state index contributed by atoms with van der Waals surface area (Å²) in [6.45, 7) is 7.50. The van der Waals surface area contributed by atoms with E-state index in [4.69, 9.17) is 25.8 Å². The molecule has 0 aliphatic rings. The predicted molar refractivity (Wildman–Crippen MR) is 118 cm³/mol. The predicted octanol–water partition coefficient (Wildman–Crippen LogP) is 7.16. The first-order valence-electron chi connectivity index (χ1n) is 9.91. The van der Waals surface area contributed by atoms with Crippen molar-refractivity contribution in [2.75, 3.05) is 13.2 Å². The third-order valence-corrected chi connectivity index (χ3v) is 5.01. The molecule has 3 rings (SSSR count). The summed E-state index contributed by atoms with van der Waals surface area (Å²) in [4.78, 5) is 0. The molecule has 3 aromatic carbocycles. The Balaban J connectivity index is 1.63. The number of rotatable bonds is 9. The van der Waals surface area contributed by atoms with Crippen LogP contribution in [0.4, 0.5) is 4.39 Å². The van der Waals surface area contributed by atoms with Crippen molar-refractivity contribution < 1.29 is 18.6 Å². The summed E-state index contributed by atoms with van der Waals surface area (Å²) in [5.41, 5.74) is 1.64. The minimum Gasteiger partial charge on any atom is -0.492 e. The van der Waals surface area contributed by atoms with Crippen LogP contribution < -0.4 is 9.47 Å². The molecule has 0 aliphatic carbocycles. The molecule has 0 atom stereocenters. The van der Waals surface area contributed by atoms with Crippen LogP contribution in [0, 0.1) is 5.82 Å². The van der Waals surface area contributed by atoms with Gasteiger partial charge in [-0.1, -0.05) is 55.8 Å². The van der Waals surface area contributed by atoms with Gasteiger partial charge in [0.1, 0.15) is 11.5 Å². The molecular formula is C25H26ClFO3. The van der Waals surface area contributed by atoms with E-state index in [0.29, 0.717) is 36.3 Å². The first kappa shape index (κ1) is 22.1. The first-order valence-corrected chi connectivity index (χ1v) is 10.3. The highest BCUT2D eigenvalue weighted by Gasteiger charge is 2.22. The zero-order valence-corrected chi connectivity index (χ0v) is 18.2. The van der Waals surface area contributed by atoms with E-state index in [1.807, 2.05) is 43.3 Å². The van der Waals surface area contributed by atoms with Crippen molar-refractivity contribution in [2.45, 2.75) is 32.8 Å². The Hall–Kier alpha value is -2.56. The number of halogens is 2. The Morgan fingerprint density at radius 3 is 2.40 bits per heavy atom. The number of hydrogen-bond donors (Lipinski definition) is 0. The zero-order chi connectivity index (χ0) is 21.6. The molecule has 0 saturated carbocycles. The SMILES string of the molecule is CCOc1ccc(C(C)(C)COCc2ccc(F)c(Oc3ccccc3)c2)cc1Cl. The van der Waals surface area contributed by atoms with Gasteiger partial charge in [-0.25, -0.2) is 4.39 Å². The summed E-state index contributed by atoms with van der Waals surface area (Å²) in [5, 5.41) is 0.587. The second kappa shape index (κ2) is 9.96. The van der Waals surface area contributed by atoms with Crippen LogP contribution in [0.25, 0.3) is 0 Å². The fraction of sp³-hybridized carbons (Fsp3) is 0.280. The average molecular weight is 429 g/mol. The molecule has 158 valence electrons. The number of para-hydroxylation sites is 1. The third kappa shape index (κ3) is 5.74. The maximum atomic E-state index is 14.1. The molecule has 0 radical (unpaired) electrons. The molecular weight excluding hydrogens is 403 g/mol. The highest BCUT2D eigenvalue weighted by Crippen LogP contribution is 2.32. The van der Waals surface area contributed by atoms with Crippen molar-refractivity contribution in [3.05, 3.63) is 88.7 Å². The second-order valence-electron chi connectivity index (χ2n) is 7.63. The highest BCUT2D eigenvalue weighted by molar-refractivity contribution is 6.32. The molecule has 0 N–H and O–H groups in total.